The topological polar surface area (TPSA) is 82.2 Å². The highest BCUT2D eigenvalue weighted by Gasteiger charge is 2.10. The van der Waals surface area contributed by atoms with E-state index in [9.17, 15) is 9.59 Å². The van der Waals surface area contributed by atoms with Gasteiger partial charge in [0.2, 0.25) is 5.56 Å². The van der Waals surface area contributed by atoms with Crippen LogP contribution in [-0.2, 0) is 0 Å². The van der Waals surface area contributed by atoms with E-state index in [4.69, 9.17) is 5.11 Å². The Morgan fingerprint density at radius 3 is 2.80 bits per heavy atom. The summed E-state index contributed by atoms with van der Waals surface area (Å²) in [5.41, 5.74) is 0.127. The number of aromatic amines is 1. The molecule has 0 saturated heterocycles. The van der Waals surface area contributed by atoms with Crippen LogP contribution < -0.4 is 10.9 Å². The average molecular weight is 210 g/mol. The van der Waals surface area contributed by atoms with Crippen LogP contribution >= 0.6 is 0 Å². The van der Waals surface area contributed by atoms with Crippen LogP contribution in [0.25, 0.3) is 0 Å². The number of amides is 1. The molecule has 0 radical (unpaired) electrons. The second kappa shape index (κ2) is 5.31. The van der Waals surface area contributed by atoms with Crippen LogP contribution in [0.2, 0.25) is 0 Å². The second-order valence-electron chi connectivity index (χ2n) is 3.20. The van der Waals surface area contributed by atoms with E-state index in [1.807, 2.05) is 6.92 Å². The first-order chi connectivity index (χ1) is 7.17. The number of aromatic nitrogens is 1. The largest absolute Gasteiger partial charge is 0.394 e. The van der Waals surface area contributed by atoms with Crippen LogP contribution in [0.1, 0.15) is 23.7 Å². The normalized spacial score (nSPS) is 12.1. The van der Waals surface area contributed by atoms with Crippen molar-refractivity contribution in [2.24, 2.45) is 0 Å². The van der Waals surface area contributed by atoms with Crippen molar-refractivity contribution in [3.05, 3.63) is 34.2 Å². The van der Waals surface area contributed by atoms with Crippen molar-refractivity contribution >= 4 is 5.91 Å². The minimum atomic E-state index is -0.299. The molecular formula is C10H14N2O3. The standard InChI is InChI=1S/C10H14N2O3/c1-2-8(6-13)12-10(15)7-3-4-9(14)11-5-7/h3-5,8,13H,2,6H2,1H3,(H,11,14)(H,12,15). The summed E-state index contributed by atoms with van der Waals surface area (Å²) < 4.78 is 0. The van der Waals surface area contributed by atoms with Gasteiger partial charge >= 0.3 is 0 Å². The number of hydrogen-bond acceptors (Lipinski definition) is 3. The first-order valence-corrected chi connectivity index (χ1v) is 4.77. The third-order valence-electron chi connectivity index (χ3n) is 2.09. The van der Waals surface area contributed by atoms with Gasteiger partial charge in [-0.05, 0) is 12.5 Å². The molecule has 0 aliphatic heterocycles. The molecule has 3 N–H and O–H groups in total. The summed E-state index contributed by atoms with van der Waals surface area (Å²) in [7, 11) is 0. The number of H-pyrrole nitrogens is 1. The van der Waals surface area contributed by atoms with Crippen LogP contribution in [0.15, 0.2) is 23.1 Å². The molecule has 0 fully saturated rings. The Morgan fingerprint density at radius 2 is 2.33 bits per heavy atom. The Morgan fingerprint density at radius 1 is 1.60 bits per heavy atom. The molecule has 5 nitrogen and oxygen atoms in total. The van der Waals surface area contributed by atoms with Gasteiger partial charge in [0.15, 0.2) is 0 Å². The fourth-order valence-electron chi connectivity index (χ4n) is 1.10. The van der Waals surface area contributed by atoms with Crippen molar-refractivity contribution in [1.29, 1.82) is 0 Å². The molecule has 1 rings (SSSR count). The van der Waals surface area contributed by atoms with Gasteiger partial charge in [-0.2, -0.15) is 0 Å². The Kier molecular flexibility index (Phi) is 4.05. The van der Waals surface area contributed by atoms with E-state index in [1.54, 1.807) is 0 Å². The summed E-state index contributed by atoms with van der Waals surface area (Å²) in [4.78, 5) is 24.7. The molecule has 0 aliphatic rings. The highest BCUT2D eigenvalue weighted by atomic mass is 16.3. The molecule has 1 aromatic heterocycles. The van der Waals surface area contributed by atoms with Crippen LogP contribution in [0.5, 0.6) is 0 Å². The van der Waals surface area contributed by atoms with Crippen molar-refractivity contribution in [3.8, 4) is 0 Å². The predicted octanol–water partition coefficient (Wildman–Crippen LogP) is -0.124. The number of carbonyl (C=O) groups excluding carboxylic acids is 1. The van der Waals surface area contributed by atoms with E-state index >= 15 is 0 Å². The zero-order chi connectivity index (χ0) is 11.3. The molecule has 1 atom stereocenters. The summed E-state index contributed by atoms with van der Waals surface area (Å²) >= 11 is 0. The van der Waals surface area contributed by atoms with E-state index < -0.39 is 0 Å². The number of carbonyl (C=O) groups is 1. The quantitative estimate of drug-likeness (QED) is 0.647. The van der Waals surface area contributed by atoms with Crippen molar-refractivity contribution in [3.63, 3.8) is 0 Å². The fraction of sp³-hybridized carbons (Fsp3) is 0.400. The van der Waals surface area contributed by atoms with E-state index in [1.165, 1.54) is 18.3 Å². The molecule has 0 aromatic carbocycles. The summed E-state index contributed by atoms with van der Waals surface area (Å²) in [6.45, 7) is 1.78. The zero-order valence-corrected chi connectivity index (χ0v) is 8.49. The van der Waals surface area contributed by atoms with E-state index in [0.717, 1.165) is 0 Å². The number of aliphatic hydroxyl groups is 1. The predicted molar refractivity (Wildman–Crippen MR) is 55.7 cm³/mol. The van der Waals surface area contributed by atoms with E-state index in [0.29, 0.717) is 12.0 Å². The van der Waals surface area contributed by atoms with Gasteiger partial charge in [-0.3, -0.25) is 9.59 Å². The Bertz CT molecular complexity index is 362. The van der Waals surface area contributed by atoms with Gasteiger partial charge in [0.05, 0.1) is 18.2 Å². The molecular weight excluding hydrogens is 196 g/mol. The van der Waals surface area contributed by atoms with Crippen molar-refractivity contribution in [2.75, 3.05) is 6.61 Å². The van der Waals surface area contributed by atoms with Crippen LogP contribution in [0, 0.1) is 0 Å². The maximum absolute atomic E-state index is 11.5. The van der Waals surface area contributed by atoms with Gasteiger partial charge in [0.25, 0.3) is 5.91 Å². The van der Waals surface area contributed by atoms with Gasteiger partial charge in [-0.1, -0.05) is 6.92 Å². The minimum absolute atomic E-state index is 0.0917. The Labute approximate surface area is 87.1 Å². The third kappa shape index (κ3) is 3.21. The molecule has 82 valence electrons. The summed E-state index contributed by atoms with van der Waals surface area (Å²) in [6.07, 6.45) is 2.01. The number of rotatable bonds is 4. The second-order valence-corrected chi connectivity index (χ2v) is 3.20. The smallest absolute Gasteiger partial charge is 0.253 e. The number of hydrogen-bond donors (Lipinski definition) is 3. The van der Waals surface area contributed by atoms with Crippen molar-refractivity contribution in [2.45, 2.75) is 19.4 Å². The maximum atomic E-state index is 11.5. The minimum Gasteiger partial charge on any atom is -0.394 e. The zero-order valence-electron chi connectivity index (χ0n) is 8.49. The molecule has 1 heterocycles. The molecule has 5 heteroatoms. The monoisotopic (exact) mass is 210 g/mol. The first kappa shape index (κ1) is 11.5. The summed E-state index contributed by atoms with van der Waals surface area (Å²) in [5, 5.41) is 11.5. The molecule has 1 aromatic rings. The highest BCUT2D eigenvalue weighted by molar-refractivity contribution is 5.93. The Balaban J connectivity index is 2.68. The van der Waals surface area contributed by atoms with Gasteiger partial charge < -0.3 is 15.4 Å². The van der Waals surface area contributed by atoms with Gasteiger partial charge in [-0.15, -0.1) is 0 Å². The van der Waals surface area contributed by atoms with Crippen LogP contribution in [0.3, 0.4) is 0 Å². The summed E-state index contributed by atoms with van der Waals surface area (Å²) in [6, 6.07) is 2.48. The number of nitrogens with one attached hydrogen (secondary N) is 2. The first-order valence-electron chi connectivity index (χ1n) is 4.77. The lowest BCUT2D eigenvalue weighted by Crippen LogP contribution is -2.37. The Hall–Kier alpha value is -1.62. The van der Waals surface area contributed by atoms with Crippen LogP contribution in [0.4, 0.5) is 0 Å². The third-order valence-corrected chi connectivity index (χ3v) is 2.09. The molecule has 0 spiro atoms. The van der Waals surface area contributed by atoms with E-state index in [-0.39, 0.29) is 24.1 Å². The molecule has 1 unspecified atom stereocenters. The average Bonchev–Trinajstić information content (AvgIpc) is 2.26. The van der Waals surface area contributed by atoms with E-state index in [2.05, 4.69) is 10.3 Å². The lowest BCUT2D eigenvalue weighted by molar-refractivity contribution is 0.0914. The van der Waals surface area contributed by atoms with Gasteiger partial charge in [0, 0.05) is 12.3 Å². The van der Waals surface area contributed by atoms with Crippen molar-refractivity contribution < 1.29 is 9.90 Å². The molecule has 0 aliphatic carbocycles. The van der Waals surface area contributed by atoms with Crippen LogP contribution in [-0.4, -0.2) is 28.6 Å². The lowest BCUT2D eigenvalue weighted by atomic mass is 10.2. The van der Waals surface area contributed by atoms with Gasteiger partial charge in [0.1, 0.15) is 0 Å². The molecule has 0 saturated carbocycles. The maximum Gasteiger partial charge on any atom is 0.253 e. The van der Waals surface area contributed by atoms with Crippen molar-refractivity contribution in [1.82, 2.24) is 10.3 Å². The lowest BCUT2D eigenvalue weighted by Gasteiger charge is -2.13. The number of pyridine rings is 1. The highest BCUT2D eigenvalue weighted by Crippen LogP contribution is 1.96. The number of aliphatic hydroxyl groups excluding tert-OH is 1. The molecule has 0 bridgehead atoms. The fourth-order valence-corrected chi connectivity index (χ4v) is 1.10. The molecule has 15 heavy (non-hydrogen) atoms. The van der Waals surface area contributed by atoms with Gasteiger partial charge in [-0.25, -0.2) is 0 Å². The molecule has 1 amide bonds. The summed E-state index contributed by atoms with van der Waals surface area (Å²) in [5.74, 6) is -0.299. The SMILES string of the molecule is CCC(CO)NC(=O)c1ccc(=O)[nH]c1.